The summed E-state index contributed by atoms with van der Waals surface area (Å²) in [5, 5.41) is 4.17. The Morgan fingerprint density at radius 1 is 1.17 bits per heavy atom. The van der Waals surface area contributed by atoms with Gasteiger partial charge in [0.05, 0.1) is 5.69 Å². The number of aryl methyl sites for hydroxylation is 1. The number of benzene rings is 1. The molecule has 18 heavy (non-hydrogen) atoms. The highest BCUT2D eigenvalue weighted by atomic mass is 16.6. The standard InChI is InChI=1S/C15H16N2O/c1-3-18-17-15(14-6-4-5-11-16-14)13-9-7-12(2)8-10-13/h4-11H,3H2,1-2H3. The van der Waals surface area contributed by atoms with Crippen molar-refractivity contribution in [3.63, 3.8) is 0 Å². The second-order valence-corrected chi connectivity index (χ2v) is 3.94. The first kappa shape index (κ1) is 12.3. The largest absolute Gasteiger partial charge is 0.396 e. The van der Waals surface area contributed by atoms with Crippen molar-refractivity contribution in [2.45, 2.75) is 13.8 Å². The first-order chi connectivity index (χ1) is 8.81. The first-order valence-electron chi connectivity index (χ1n) is 5.99. The second-order valence-electron chi connectivity index (χ2n) is 3.94. The minimum Gasteiger partial charge on any atom is -0.396 e. The van der Waals surface area contributed by atoms with E-state index in [9.17, 15) is 0 Å². The van der Waals surface area contributed by atoms with Crippen molar-refractivity contribution in [2.75, 3.05) is 6.61 Å². The van der Waals surface area contributed by atoms with Gasteiger partial charge in [0.2, 0.25) is 0 Å². The van der Waals surface area contributed by atoms with Crippen LogP contribution in [0.1, 0.15) is 23.7 Å². The Labute approximate surface area is 107 Å². The highest BCUT2D eigenvalue weighted by Gasteiger charge is 2.08. The number of oxime groups is 1. The molecule has 0 fully saturated rings. The average Bonchev–Trinajstić information content (AvgIpc) is 2.42. The zero-order chi connectivity index (χ0) is 12.8. The molecule has 92 valence electrons. The summed E-state index contributed by atoms with van der Waals surface area (Å²) < 4.78 is 0. The molecule has 0 N–H and O–H groups in total. The topological polar surface area (TPSA) is 34.5 Å². The first-order valence-corrected chi connectivity index (χ1v) is 5.99. The Kier molecular flexibility index (Phi) is 4.07. The molecular weight excluding hydrogens is 224 g/mol. The van der Waals surface area contributed by atoms with Crippen LogP contribution in [0.4, 0.5) is 0 Å². The molecule has 3 nitrogen and oxygen atoms in total. The van der Waals surface area contributed by atoms with Gasteiger partial charge in [0.1, 0.15) is 12.3 Å². The molecule has 3 heteroatoms. The van der Waals surface area contributed by atoms with Crippen LogP contribution in [0.15, 0.2) is 53.8 Å². The number of hydrogen-bond donors (Lipinski definition) is 0. The fourth-order valence-corrected chi connectivity index (χ4v) is 1.59. The molecule has 0 amide bonds. The lowest BCUT2D eigenvalue weighted by molar-refractivity contribution is 0.159. The molecule has 1 heterocycles. The number of rotatable bonds is 4. The third-order valence-electron chi connectivity index (χ3n) is 2.52. The molecule has 0 aliphatic heterocycles. The van der Waals surface area contributed by atoms with Crippen molar-refractivity contribution in [1.82, 2.24) is 4.98 Å². The summed E-state index contributed by atoms with van der Waals surface area (Å²) >= 11 is 0. The highest BCUT2D eigenvalue weighted by molar-refractivity contribution is 6.11. The molecule has 2 rings (SSSR count). The average molecular weight is 240 g/mol. The monoisotopic (exact) mass is 240 g/mol. The van der Waals surface area contributed by atoms with Crippen LogP contribution >= 0.6 is 0 Å². The maximum atomic E-state index is 5.18. The van der Waals surface area contributed by atoms with Crippen molar-refractivity contribution in [3.8, 4) is 0 Å². The molecule has 0 spiro atoms. The van der Waals surface area contributed by atoms with Gasteiger partial charge in [0.25, 0.3) is 0 Å². The second kappa shape index (κ2) is 5.96. The Morgan fingerprint density at radius 3 is 2.56 bits per heavy atom. The van der Waals surface area contributed by atoms with Gasteiger partial charge < -0.3 is 4.84 Å². The summed E-state index contributed by atoms with van der Waals surface area (Å²) in [5.74, 6) is 0. The summed E-state index contributed by atoms with van der Waals surface area (Å²) in [6.07, 6.45) is 1.75. The van der Waals surface area contributed by atoms with E-state index in [0.717, 1.165) is 17.0 Å². The van der Waals surface area contributed by atoms with E-state index in [0.29, 0.717) is 6.61 Å². The molecule has 1 aromatic heterocycles. The van der Waals surface area contributed by atoms with Gasteiger partial charge in [-0.25, -0.2) is 0 Å². The molecule has 0 aliphatic rings. The summed E-state index contributed by atoms with van der Waals surface area (Å²) in [6.45, 7) is 4.51. The van der Waals surface area contributed by atoms with E-state index in [-0.39, 0.29) is 0 Å². The van der Waals surface area contributed by atoms with E-state index in [4.69, 9.17) is 4.84 Å². The van der Waals surface area contributed by atoms with Crippen LogP contribution in [-0.4, -0.2) is 17.3 Å². The lowest BCUT2D eigenvalue weighted by Gasteiger charge is -2.06. The van der Waals surface area contributed by atoms with Crippen molar-refractivity contribution in [1.29, 1.82) is 0 Å². The Hall–Kier alpha value is -2.16. The van der Waals surface area contributed by atoms with Crippen LogP contribution < -0.4 is 0 Å². The van der Waals surface area contributed by atoms with Gasteiger partial charge in [0, 0.05) is 11.8 Å². The Morgan fingerprint density at radius 2 is 1.94 bits per heavy atom. The number of hydrogen-bond acceptors (Lipinski definition) is 3. The van der Waals surface area contributed by atoms with E-state index in [2.05, 4.69) is 29.2 Å². The summed E-state index contributed by atoms with van der Waals surface area (Å²) in [5.41, 5.74) is 3.80. The van der Waals surface area contributed by atoms with Gasteiger partial charge in [-0.05, 0) is 26.0 Å². The minimum atomic E-state index is 0.544. The summed E-state index contributed by atoms with van der Waals surface area (Å²) in [7, 11) is 0. The lowest BCUT2D eigenvalue weighted by atomic mass is 10.1. The molecule has 0 bridgehead atoms. The van der Waals surface area contributed by atoms with E-state index < -0.39 is 0 Å². The molecule has 1 aromatic carbocycles. The molecule has 0 saturated heterocycles. The highest BCUT2D eigenvalue weighted by Crippen LogP contribution is 2.10. The van der Waals surface area contributed by atoms with Gasteiger partial charge in [0.15, 0.2) is 0 Å². The molecular formula is C15H16N2O. The Balaban J connectivity index is 2.40. The van der Waals surface area contributed by atoms with E-state index >= 15 is 0 Å². The van der Waals surface area contributed by atoms with Crippen LogP contribution in [0.3, 0.4) is 0 Å². The minimum absolute atomic E-state index is 0.544. The SMILES string of the molecule is CCON=C(c1ccc(C)cc1)c1ccccn1. The Bertz CT molecular complexity index is 518. The van der Waals surface area contributed by atoms with Crippen LogP contribution in [0.2, 0.25) is 0 Å². The van der Waals surface area contributed by atoms with Crippen molar-refractivity contribution in [3.05, 3.63) is 65.5 Å². The predicted octanol–water partition coefficient (Wildman–Crippen LogP) is 3.18. The van der Waals surface area contributed by atoms with Crippen LogP contribution in [0, 0.1) is 6.92 Å². The van der Waals surface area contributed by atoms with Gasteiger partial charge in [-0.2, -0.15) is 0 Å². The molecule has 0 saturated carbocycles. The number of pyridine rings is 1. The van der Waals surface area contributed by atoms with Crippen LogP contribution in [0.25, 0.3) is 0 Å². The molecule has 0 radical (unpaired) electrons. The fourth-order valence-electron chi connectivity index (χ4n) is 1.59. The third-order valence-corrected chi connectivity index (χ3v) is 2.52. The normalized spacial score (nSPS) is 11.3. The van der Waals surface area contributed by atoms with E-state index in [1.54, 1.807) is 6.20 Å². The third kappa shape index (κ3) is 2.94. The molecule has 0 aliphatic carbocycles. The predicted molar refractivity (Wildman–Crippen MR) is 72.7 cm³/mol. The van der Waals surface area contributed by atoms with Gasteiger partial charge >= 0.3 is 0 Å². The quantitative estimate of drug-likeness (QED) is 0.607. The summed E-state index contributed by atoms with van der Waals surface area (Å²) in [4.78, 5) is 9.50. The summed E-state index contributed by atoms with van der Waals surface area (Å²) in [6, 6.07) is 13.9. The zero-order valence-corrected chi connectivity index (χ0v) is 10.6. The lowest BCUT2D eigenvalue weighted by Crippen LogP contribution is -2.06. The molecule has 0 unspecified atom stereocenters. The number of aromatic nitrogens is 1. The molecule has 0 atom stereocenters. The van der Waals surface area contributed by atoms with Crippen molar-refractivity contribution >= 4 is 5.71 Å². The van der Waals surface area contributed by atoms with Gasteiger partial charge in [-0.1, -0.05) is 41.1 Å². The van der Waals surface area contributed by atoms with Gasteiger partial charge in [-0.3, -0.25) is 4.98 Å². The number of nitrogens with zero attached hydrogens (tertiary/aromatic N) is 2. The van der Waals surface area contributed by atoms with E-state index in [1.807, 2.05) is 37.3 Å². The maximum Gasteiger partial charge on any atom is 0.135 e. The van der Waals surface area contributed by atoms with Crippen molar-refractivity contribution < 1.29 is 4.84 Å². The van der Waals surface area contributed by atoms with Crippen molar-refractivity contribution in [2.24, 2.45) is 5.16 Å². The van der Waals surface area contributed by atoms with Gasteiger partial charge in [-0.15, -0.1) is 0 Å². The smallest absolute Gasteiger partial charge is 0.135 e. The fraction of sp³-hybridized carbons (Fsp3) is 0.200. The van der Waals surface area contributed by atoms with E-state index in [1.165, 1.54) is 5.56 Å². The maximum absolute atomic E-state index is 5.18. The van der Waals surface area contributed by atoms with Crippen LogP contribution in [0.5, 0.6) is 0 Å². The molecule has 2 aromatic rings. The zero-order valence-electron chi connectivity index (χ0n) is 10.6. The van der Waals surface area contributed by atoms with Crippen LogP contribution in [-0.2, 0) is 4.84 Å².